The molecule has 0 bridgehead atoms. The van der Waals surface area contributed by atoms with Gasteiger partial charge in [0.1, 0.15) is 11.5 Å². The maximum Gasteiger partial charge on any atom is 0.238 e. The molecule has 4 aromatic rings. The lowest BCUT2D eigenvalue weighted by Gasteiger charge is -2.37. The molecule has 4 heterocycles. The van der Waals surface area contributed by atoms with Gasteiger partial charge in [-0.2, -0.15) is 0 Å². The molecule has 5 nitrogen and oxygen atoms in total. The normalized spacial score (nSPS) is 24.3. The van der Waals surface area contributed by atoms with Crippen LogP contribution in [0.25, 0.3) is 6.08 Å². The molecule has 3 aliphatic rings. The molecule has 0 unspecified atom stereocenters. The number of anilines is 2. The van der Waals surface area contributed by atoms with Gasteiger partial charge in [0, 0.05) is 27.0 Å². The van der Waals surface area contributed by atoms with Crippen LogP contribution in [0.3, 0.4) is 0 Å². The lowest BCUT2D eigenvalue weighted by molar-refractivity contribution is -0.121. The monoisotopic (exact) mass is 570 g/mol. The largest absolute Gasteiger partial charge is 0.352 e. The smallest absolute Gasteiger partial charge is 0.238 e. The average molecular weight is 571 g/mol. The van der Waals surface area contributed by atoms with E-state index in [0.29, 0.717) is 31.7 Å². The first kappa shape index (κ1) is 24.3. The number of rotatable bonds is 4. The number of fused-ring (bicyclic) bond motifs is 6. The van der Waals surface area contributed by atoms with Crippen molar-refractivity contribution in [2.24, 2.45) is 5.92 Å². The highest BCUT2D eigenvalue weighted by molar-refractivity contribution is 7.12. The highest BCUT2D eigenvalue weighted by Gasteiger charge is 2.70. The van der Waals surface area contributed by atoms with Crippen LogP contribution in [0.1, 0.15) is 31.2 Å². The van der Waals surface area contributed by atoms with Crippen LogP contribution >= 0.6 is 34.5 Å². The number of carbonyl (C=O) groups excluding carboxylic acids is 3. The third kappa shape index (κ3) is 3.42. The van der Waals surface area contributed by atoms with Gasteiger partial charge in [-0.05, 0) is 71.1 Å². The minimum Gasteiger partial charge on any atom is -0.352 e. The van der Waals surface area contributed by atoms with E-state index in [2.05, 4.69) is 5.32 Å². The zero-order chi connectivity index (χ0) is 26.9. The van der Waals surface area contributed by atoms with Gasteiger partial charge in [0.25, 0.3) is 0 Å². The Morgan fingerprint density at radius 3 is 2.44 bits per heavy atom. The molecule has 0 radical (unpaired) electrons. The Kier molecular flexibility index (Phi) is 5.56. The molecule has 192 valence electrons. The fraction of sp³-hybridized carbons (Fsp3) is 0.129. The van der Waals surface area contributed by atoms with E-state index in [4.69, 9.17) is 23.2 Å². The minimum atomic E-state index is -1.35. The molecule has 7 rings (SSSR count). The van der Waals surface area contributed by atoms with Gasteiger partial charge in [-0.1, -0.05) is 59.6 Å². The summed E-state index contributed by atoms with van der Waals surface area (Å²) >= 11 is 13.8. The standard InChI is InChI=1S/C31H20Cl2N2O3S/c32-19-10-7-17(8-11-19)28(36)26-27(29(37)24-6-3-15-39-24)35-23-13-12-20(33)16-18(23)9-14-25(35)31(26)21-4-1-2-5-22(21)34-30(31)38/h1-16,25-27H,(H,34,38)/t25-,26+,27-,31-/m0/s1. The number of nitrogens with one attached hydrogen (secondary N) is 1. The van der Waals surface area contributed by atoms with Crippen LogP contribution in [0.4, 0.5) is 11.4 Å². The Morgan fingerprint density at radius 2 is 1.67 bits per heavy atom. The van der Waals surface area contributed by atoms with Crippen LogP contribution in [0.2, 0.25) is 10.0 Å². The van der Waals surface area contributed by atoms with E-state index in [1.165, 1.54) is 11.3 Å². The number of benzene rings is 3. The van der Waals surface area contributed by atoms with Crippen molar-refractivity contribution in [1.29, 1.82) is 0 Å². The summed E-state index contributed by atoms with van der Waals surface area (Å²) in [6.07, 6.45) is 3.87. The molecule has 0 saturated carbocycles. The van der Waals surface area contributed by atoms with Crippen molar-refractivity contribution in [2.75, 3.05) is 10.2 Å². The maximum absolute atomic E-state index is 14.6. The molecule has 0 aliphatic carbocycles. The molecule has 4 atom stereocenters. The van der Waals surface area contributed by atoms with Crippen molar-refractivity contribution in [3.05, 3.63) is 122 Å². The van der Waals surface area contributed by atoms with Crippen molar-refractivity contribution >= 4 is 69.5 Å². The van der Waals surface area contributed by atoms with E-state index in [1.807, 2.05) is 64.9 Å². The second-order valence-corrected chi connectivity index (χ2v) is 11.7. The Labute approximate surface area is 238 Å². The first-order chi connectivity index (χ1) is 18.9. The fourth-order valence-electron chi connectivity index (χ4n) is 6.51. The van der Waals surface area contributed by atoms with E-state index >= 15 is 0 Å². The van der Waals surface area contributed by atoms with E-state index in [9.17, 15) is 14.4 Å². The highest BCUT2D eigenvalue weighted by Crippen LogP contribution is 2.58. The number of carbonyl (C=O) groups is 3. The van der Waals surface area contributed by atoms with Crippen LogP contribution in [-0.4, -0.2) is 29.6 Å². The van der Waals surface area contributed by atoms with Crippen molar-refractivity contribution in [1.82, 2.24) is 0 Å². The number of hydrogen-bond acceptors (Lipinski definition) is 5. The van der Waals surface area contributed by atoms with Gasteiger partial charge >= 0.3 is 0 Å². The van der Waals surface area contributed by atoms with Gasteiger partial charge in [0.2, 0.25) is 5.91 Å². The summed E-state index contributed by atoms with van der Waals surface area (Å²) in [4.78, 5) is 45.8. The molecular weight excluding hydrogens is 551 g/mol. The van der Waals surface area contributed by atoms with Gasteiger partial charge in [-0.3, -0.25) is 14.4 Å². The van der Waals surface area contributed by atoms with Gasteiger partial charge in [-0.15, -0.1) is 11.3 Å². The zero-order valence-electron chi connectivity index (χ0n) is 20.3. The van der Waals surface area contributed by atoms with Crippen molar-refractivity contribution in [3.63, 3.8) is 0 Å². The van der Waals surface area contributed by atoms with E-state index in [1.54, 1.807) is 36.4 Å². The number of ketones is 2. The Balaban J connectivity index is 1.54. The Hall–Kier alpha value is -3.71. The predicted octanol–water partition coefficient (Wildman–Crippen LogP) is 6.91. The van der Waals surface area contributed by atoms with Crippen LogP contribution in [-0.2, 0) is 10.2 Å². The molecule has 39 heavy (non-hydrogen) atoms. The lowest BCUT2D eigenvalue weighted by Crippen LogP contribution is -2.51. The van der Waals surface area contributed by atoms with Gasteiger partial charge in [0.05, 0.1) is 16.8 Å². The number of thiophene rings is 1. The van der Waals surface area contributed by atoms with Crippen LogP contribution in [0.15, 0.2) is 90.3 Å². The second-order valence-electron chi connectivity index (χ2n) is 9.92. The summed E-state index contributed by atoms with van der Waals surface area (Å²) in [5, 5.41) is 5.93. The number of hydrogen-bond donors (Lipinski definition) is 1. The second kappa shape index (κ2) is 8.91. The van der Waals surface area contributed by atoms with Crippen LogP contribution < -0.4 is 10.2 Å². The zero-order valence-corrected chi connectivity index (χ0v) is 22.6. The Bertz CT molecular complexity index is 1700. The van der Waals surface area contributed by atoms with Crippen LogP contribution in [0, 0.1) is 5.92 Å². The van der Waals surface area contributed by atoms with Gasteiger partial charge in [-0.25, -0.2) is 0 Å². The number of halogens is 2. The predicted molar refractivity (Wildman–Crippen MR) is 155 cm³/mol. The van der Waals surface area contributed by atoms with Crippen LogP contribution in [0.5, 0.6) is 0 Å². The Morgan fingerprint density at radius 1 is 0.897 bits per heavy atom. The molecule has 1 saturated heterocycles. The molecule has 3 aliphatic heterocycles. The molecule has 1 amide bonds. The topological polar surface area (TPSA) is 66.5 Å². The quantitative estimate of drug-likeness (QED) is 0.271. The fourth-order valence-corrected chi connectivity index (χ4v) is 7.51. The van der Waals surface area contributed by atoms with Crippen molar-refractivity contribution in [3.8, 4) is 0 Å². The molecule has 1 aromatic heterocycles. The van der Waals surface area contributed by atoms with E-state index in [-0.39, 0.29) is 17.5 Å². The first-order valence-corrected chi connectivity index (χ1v) is 14.1. The summed E-state index contributed by atoms with van der Waals surface area (Å²) < 4.78 is 0. The molecule has 8 heteroatoms. The summed E-state index contributed by atoms with van der Waals surface area (Å²) in [6, 6.07) is 21.6. The number of Topliss-reactive ketones (excluding diaryl/α,β-unsaturated/α-hetero) is 2. The van der Waals surface area contributed by atoms with Gasteiger partial charge < -0.3 is 10.2 Å². The first-order valence-electron chi connectivity index (χ1n) is 12.5. The third-order valence-electron chi connectivity index (χ3n) is 8.04. The van der Waals surface area contributed by atoms with Gasteiger partial charge in [0.15, 0.2) is 11.6 Å². The van der Waals surface area contributed by atoms with Crippen molar-refractivity contribution in [2.45, 2.75) is 17.5 Å². The third-order valence-corrected chi connectivity index (χ3v) is 9.41. The van der Waals surface area contributed by atoms with Crippen molar-refractivity contribution < 1.29 is 14.4 Å². The summed E-state index contributed by atoms with van der Waals surface area (Å²) in [7, 11) is 0. The summed E-state index contributed by atoms with van der Waals surface area (Å²) in [5.41, 5.74) is 1.98. The molecule has 3 aromatic carbocycles. The summed E-state index contributed by atoms with van der Waals surface area (Å²) in [5.74, 6) is -1.80. The number of amides is 1. The van der Waals surface area contributed by atoms with E-state index in [0.717, 1.165) is 11.3 Å². The molecular formula is C31H20Cl2N2O3S. The molecule has 1 spiro atoms. The molecule has 1 fully saturated rings. The SMILES string of the molecule is O=C(c1cccs1)[C@@H]1[C@H](C(=O)c2ccc(Cl)cc2)[C@@]2(C(=O)Nc3ccccc32)[C@@H]2C=Cc3cc(Cl)ccc3N12. The summed E-state index contributed by atoms with van der Waals surface area (Å²) in [6.45, 7) is 0. The highest BCUT2D eigenvalue weighted by atomic mass is 35.5. The number of para-hydroxylation sites is 1. The van der Waals surface area contributed by atoms with E-state index < -0.39 is 23.4 Å². The lowest BCUT2D eigenvalue weighted by atomic mass is 9.64. The minimum absolute atomic E-state index is 0.201. The number of nitrogens with zero attached hydrogens (tertiary/aromatic N) is 1. The average Bonchev–Trinajstić information content (AvgIpc) is 3.65. The maximum atomic E-state index is 14.6. The molecule has 1 N–H and O–H groups in total.